The molecule has 0 saturated heterocycles. The van der Waals surface area contributed by atoms with Gasteiger partial charge in [-0.15, -0.1) is 0 Å². The van der Waals surface area contributed by atoms with Gasteiger partial charge in [-0.25, -0.2) is 4.79 Å². The second-order valence-corrected chi connectivity index (χ2v) is 5.70. The van der Waals surface area contributed by atoms with Gasteiger partial charge in [0, 0.05) is 18.9 Å². The molecule has 5 nitrogen and oxygen atoms in total. The average molecular weight is 345 g/mol. The van der Waals surface area contributed by atoms with E-state index in [1.54, 1.807) is 12.1 Å². The van der Waals surface area contributed by atoms with E-state index in [1.807, 2.05) is 17.4 Å². The molecule has 1 aliphatic heterocycles. The molecule has 0 spiro atoms. The van der Waals surface area contributed by atoms with Crippen molar-refractivity contribution in [1.82, 2.24) is 5.32 Å². The van der Waals surface area contributed by atoms with Crippen LogP contribution in [0.25, 0.3) is 0 Å². The third kappa shape index (κ3) is 3.24. The Balaban J connectivity index is 2.49. The van der Waals surface area contributed by atoms with E-state index in [-0.39, 0.29) is 24.6 Å². The van der Waals surface area contributed by atoms with Crippen LogP contribution in [0.2, 0.25) is 0 Å². The highest BCUT2D eigenvalue weighted by Gasteiger charge is 2.70. The zero-order valence-corrected chi connectivity index (χ0v) is 13.5. The number of carbonyl (C=O) groups is 2. The molecule has 2 atom stereocenters. The lowest BCUT2D eigenvalue weighted by Gasteiger charge is -2.41. The van der Waals surface area contributed by atoms with Crippen molar-refractivity contribution in [3.63, 3.8) is 0 Å². The van der Waals surface area contributed by atoms with Crippen molar-refractivity contribution in [3.8, 4) is 0 Å². The van der Waals surface area contributed by atoms with E-state index >= 15 is 0 Å². The zero-order valence-electron chi connectivity index (χ0n) is 13.5. The summed E-state index contributed by atoms with van der Waals surface area (Å²) in [6.45, 7) is 2.19. The molecule has 0 aliphatic carbocycles. The van der Waals surface area contributed by atoms with Gasteiger partial charge in [0.2, 0.25) is 5.91 Å². The number of fused-ring (bicyclic) bond motifs is 1. The van der Waals surface area contributed by atoms with Crippen LogP contribution in [-0.2, 0) is 27.3 Å². The average Bonchev–Trinajstić information content (AvgIpc) is 2.51. The number of nitrogens with one attached hydrogen (secondary N) is 2. The zero-order chi connectivity index (χ0) is 18.0. The van der Waals surface area contributed by atoms with Gasteiger partial charge in [0.15, 0.2) is 0 Å². The first kappa shape index (κ1) is 18.3. The minimum atomic E-state index is -4.99. The largest absolute Gasteiger partial charge is 0.478 e. The number of hydrogen-bond acceptors (Lipinski definition) is 3. The summed E-state index contributed by atoms with van der Waals surface area (Å²) >= 11 is 0. The molecule has 2 N–H and O–H groups in total. The molecule has 8 heteroatoms. The van der Waals surface area contributed by atoms with Gasteiger partial charge in [-0.3, -0.25) is 15.0 Å². The third-order valence-electron chi connectivity index (χ3n) is 4.12. The minimum absolute atomic E-state index is 0.0330. The third-order valence-corrected chi connectivity index (χ3v) is 4.12. The molecule has 0 bridgehead atoms. The van der Waals surface area contributed by atoms with Crippen LogP contribution in [-0.4, -0.2) is 36.9 Å². The Morgan fingerprint density at radius 1 is 1.25 bits per heavy atom. The molecule has 1 aliphatic rings. The fraction of sp³-hybridized carbons (Fsp3) is 0.500. The highest BCUT2D eigenvalue weighted by Crippen LogP contribution is 2.28. The van der Waals surface area contributed by atoms with E-state index in [1.165, 1.54) is 6.92 Å². The van der Waals surface area contributed by atoms with E-state index in [2.05, 4.69) is 4.74 Å². The highest BCUT2D eigenvalue weighted by molar-refractivity contribution is 5.86. The predicted octanol–water partition coefficient (Wildman–Crippen LogP) is 0.585. The number of benzene rings is 1. The van der Waals surface area contributed by atoms with Crippen molar-refractivity contribution in [2.75, 3.05) is 13.2 Å². The molecule has 0 radical (unpaired) electrons. The lowest BCUT2D eigenvalue weighted by molar-refractivity contribution is -0.973. The quantitative estimate of drug-likeness (QED) is 0.785. The number of halogens is 3. The second kappa shape index (κ2) is 6.80. The Labute approximate surface area is 137 Å². The molecule has 1 heterocycles. The maximum Gasteiger partial charge on any atom is 0.478 e. The van der Waals surface area contributed by atoms with Gasteiger partial charge in [0.1, 0.15) is 6.54 Å². The van der Waals surface area contributed by atoms with Crippen molar-refractivity contribution < 1.29 is 32.4 Å². The van der Waals surface area contributed by atoms with Gasteiger partial charge in [-0.05, 0) is 12.5 Å². The number of ether oxygens (including phenoxy) is 1. The summed E-state index contributed by atoms with van der Waals surface area (Å²) < 4.78 is 46.5. The van der Waals surface area contributed by atoms with Gasteiger partial charge in [0.25, 0.3) is 0 Å². The molecule has 0 fully saturated rings. The van der Waals surface area contributed by atoms with E-state index in [0.717, 1.165) is 18.1 Å². The summed E-state index contributed by atoms with van der Waals surface area (Å²) in [4.78, 5) is 23.7. The summed E-state index contributed by atoms with van der Waals surface area (Å²) in [5, 5.41) is 1.84. The van der Waals surface area contributed by atoms with E-state index in [4.69, 9.17) is 0 Å². The number of amides is 1. The first-order valence-electron chi connectivity index (χ1n) is 7.67. The fourth-order valence-electron chi connectivity index (χ4n) is 3.07. The molecule has 0 saturated carbocycles. The normalized spacial score (nSPS) is 19.8. The van der Waals surface area contributed by atoms with E-state index in [0.29, 0.717) is 6.42 Å². The van der Waals surface area contributed by atoms with Crippen LogP contribution in [0, 0.1) is 0 Å². The molecule has 1 amide bonds. The molecule has 1 aromatic rings. The molecule has 24 heavy (non-hydrogen) atoms. The van der Waals surface area contributed by atoms with Crippen molar-refractivity contribution >= 4 is 11.9 Å². The van der Waals surface area contributed by atoms with Crippen molar-refractivity contribution in [2.45, 2.75) is 38.7 Å². The lowest BCUT2D eigenvalue weighted by Crippen LogP contribution is -3.25. The summed E-state index contributed by atoms with van der Waals surface area (Å²) in [6.07, 6.45) is -4.62. The van der Waals surface area contributed by atoms with Crippen LogP contribution in [0.3, 0.4) is 0 Å². The molecule has 0 aromatic heterocycles. The summed E-state index contributed by atoms with van der Waals surface area (Å²) in [5.74, 6) is -2.42. The Bertz CT molecular complexity index is 633. The van der Waals surface area contributed by atoms with Gasteiger partial charge < -0.3 is 4.74 Å². The first-order chi connectivity index (χ1) is 11.2. The van der Waals surface area contributed by atoms with Crippen molar-refractivity contribution in [2.24, 2.45) is 0 Å². The Morgan fingerprint density at radius 3 is 2.42 bits per heavy atom. The maximum atomic E-state index is 13.9. The van der Waals surface area contributed by atoms with E-state index < -0.39 is 23.7 Å². The van der Waals surface area contributed by atoms with Crippen LogP contribution >= 0.6 is 0 Å². The summed E-state index contributed by atoms with van der Waals surface area (Å²) in [5.41, 5.74) is -1.44. The Morgan fingerprint density at radius 2 is 1.88 bits per heavy atom. The van der Waals surface area contributed by atoms with Crippen LogP contribution in [0.15, 0.2) is 24.3 Å². The Kier molecular flexibility index (Phi) is 5.17. The second-order valence-electron chi connectivity index (χ2n) is 5.70. The van der Waals surface area contributed by atoms with Crippen LogP contribution < -0.4 is 10.2 Å². The monoisotopic (exact) mass is 345 g/mol. The lowest BCUT2D eigenvalue weighted by atomic mass is 9.96. The topological polar surface area (TPSA) is 59.8 Å². The fourth-order valence-corrected chi connectivity index (χ4v) is 3.07. The van der Waals surface area contributed by atoms with Crippen LogP contribution in [0.5, 0.6) is 0 Å². The van der Waals surface area contributed by atoms with E-state index in [9.17, 15) is 22.8 Å². The smallest absolute Gasteiger partial charge is 0.460 e. The predicted molar refractivity (Wildman–Crippen MR) is 78.9 cm³/mol. The summed E-state index contributed by atoms with van der Waals surface area (Å²) in [7, 11) is 0. The Hall–Kier alpha value is -2.09. The number of carbonyl (C=O) groups excluding carboxylic acids is 2. The van der Waals surface area contributed by atoms with Gasteiger partial charge in [0.05, 0.1) is 13.2 Å². The molecule has 2 rings (SSSR count). The summed E-state index contributed by atoms with van der Waals surface area (Å²) in [6, 6.07) is 7.14. The van der Waals surface area contributed by atoms with Crippen LogP contribution in [0.1, 0.15) is 25.0 Å². The maximum absolute atomic E-state index is 13.9. The number of alkyl halides is 3. The highest BCUT2D eigenvalue weighted by atomic mass is 19.4. The number of rotatable bonds is 4. The van der Waals surface area contributed by atoms with Crippen molar-refractivity contribution in [3.05, 3.63) is 35.4 Å². The molecule has 132 valence electrons. The molecular weight excluding hydrogens is 325 g/mol. The number of hydrogen-bond donors (Lipinski definition) is 2. The number of quaternary nitrogens is 1. The van der Waals surface area contributed by atoms with Crippen molar-refractivity contribution in [1.29, 1.82) is 0 Å². The molecular formula is C16H20F3N2O3+. The standard InChI is InChI=1S/C16H19F3N2O3/c1-3-24-14(23)15(16(17,18)19,20-11(2)22)21-9-8-12-6-4-5-7-13(12)10-21/h4-7H,3,8-10H2,1-2H3,(H,20,22)/p+1/t15-/m1/s1. The van der Waals surface area contributed by atoms with Gasteiger partial charge in [-0.2, -0.15) is 13.2 Å². The van der Waals surface area contributed by atoms with Gasteiger partial charge in [-0.1, -0.05) is 24.3 Å². The molecule has 1 unspecified atom stereocenters. The first-order valence-corrected chi connectivity index (χ1v) is 7.67. The number of esters is 1. The SMILES string of the molecule is CCOC(=O)[C@@](NC(C)=O)([NH+]1CCc2ccccc2C1)C(F)(F)F. The molecule has 1 aromatic carbocycles. The van der Waals surface area contributed by atoms with Gasteiger partial charge >= 0.3 is 17.8 Å². The minimum Gasteiger partial charge on any atom is -0.460 e. The van der Waals surface area contributed by atoms with Crippen LogP contribution in [0.4, 0.5) is 13.2 Å².